The summed E-state index contributed by atoms with van der Waals surface area (Å²) < 4.78 is 5.54. The molecule has 4 nitrogen and oxygen atoms in total. The molecule has 21 heavy (non-hydrogen) atoms. The number of nitrogens with one attached hydrogen (secondary N) is 1. The quantitative estimate of drug-likeness (QED) is 0.910. The zero-order valence-electron chi connectivity index (χ0n) is 13.1. The Balaban J connectivity index is 1.92. The molecule has 0 radical (unpaired) electrons. The van der Waals surface area contributed by atoms with Crippen molar-refractivity contribution in [2.24, 2.45) is 5.92 Å². The average molecular weight is 288 g/mol. The summed E-state index contributed by atoms with van der Waals surface area (Å²) in [7, 11) is 2.15. The van der Waals surface area contributed by atoms with Gasteiger partial charge in [0.1, 0.15) is 0 Å². The monoisotopic (exact) mass is 288 g/mol. The highest BCUT2D eigenvalue weighted by atomic mass is 16.5. The molecule has 3 rings (SSSR count). The van der Waals surface area contributed by atoms with Crippen molar-refractivity contribution in [1.82, 2.24) is 0 Å². The van der Waals surface area contributed by atoms with Gasteiger partial charge < -0.3 is 15.0 Å². The predicted octanol–water partition coefficient (Wildman–Crippen LogP) is 2.78. The van der Waals surface area contributed by atoms with Gasteiger partial charge in [-0.15, -0.1) is 0 Å². The van der Waals surface area contributed by atoms with Crippen molar-refractivity contribution in [3.8, 4) is 0 Å². The van der Waals surface area contributed by atoms with Gasteiger partial charge in [-0.3, -0.25) is 4.79 Å². The maximum Gasteiger partial charge on any atom is 0.226 e. The van der Waals surface area contributed by atoms with Crippen LogP contribution in [0.5, 0.6) is 0 Å². The van der Waals surface area contributed by atoms with E-state index in [2.05, 4.69) is 29.4 Å². The van der Waals surface area contributed by atoms with Crippen molar-refractivity contribution in [3.05, 3.63) is 23.8 Å². The van der Waals surface area contributed by atoms with E-state index in [4.69, 9.17) is 4.74 Å². The standard InChI is InChI=1S/C17H24N2O2/c1-12(2)16(20)18-13-4-5-15-14(10-13)17(11-19(15)3)6-8-21-9-7-17/h4-5,10,12H,6-9,11H2,1-3H3,(H,18,20). The first-order valence-corrected chi connectivity index (χ1v) is 7.76. The Morgan fingerprint density at radius 1 is 1.33 bits per heavy atom. The van der Waals surface area contributed by atoms with Crippen LogP contribution in [-0.2, 0) is 14.9 Å². The summed E-state index contributed by atoms with van der Waals surface area (Å²) in [6, 6.07) is 6.31. The fourth-order valence-corrected chi connectivity index (χ4v) is 3.47. The van der Waals surface area contributed by atoms with Crippen molar-refractivity contribution in [1.29, 1.82) is 0 Å². The summed E-state index contributed by atoms with van der Waals surface area (Å²) in [5.74, 6) is 0.0697. The van der Waals surface area contributed by atoms with E-state index in [0.717, 1.165) is 38.3 Å². The molecule has 2 heterocycles. The molecular formula is C17H24N2O2. The van der Waals surface area contributed by atoms with Crippen LogP contribution in [0.1, 0.15) is 32.3 Å². The molecule has 0 unspecified atom stereocenters. The fraction of sp³-hybridized carbons (Fsp3) is 0.588. The smallest absolute Gasteiger partial charge is 0.226 e. The molecule has 0 saturated carbocycles. The molecule has 114 valence electrons. The van der Waals surface area contributed by atoms with E-state index in [9.17, 15) is 4.79 Å². The molecule has 0 bridgehead atoms. The Hall–Kier alpha value is -1.55. The predicted molar refractivity (Wildman–Crippen MR) is 84.9 cm³/mol. The Labute approximate surface area is 126 Å². The van der Waals surface area contributed by atoms with Crippen molar-refractivity contribution >= 4 is 17.3 Å². The number of nitrogens with zero attached hydrogens (tertiary/aromatic N) is 1. The van der Waals surface area contributed by atoms with Gasteiger partial charge in [-0.1, -0.05) is 13.8 Å². The molecule has 1 N–H and O–H groups in total. The molecule has 4 heteroatoms. The summed E-state index contributed by atoms with van der Waals surface area (Å²) in [6.45, 7) is 6.53. The highest BCUT2D eigenvalue weighted by molar-refractivity contribution is 5.92. The van der Waals surface area contributed by atoms with Crippen LogP contribution in [0.15, 0.2) is 18.2 Å². The van der Waals surface area contributed by atoms with Gasteiger partial charge in [0, 0.05) is 49.5 Å². The van der Waals surface area contributed by atoms with Gasteiger partial charge in [-0.25, -0.2) is 0 Å². The van der Waals surface area contributed by atoms with Crippen LogP contribution in [-0.4, -0.2) is 32.7 Å². The van der Waals surface area contributed by atoms with Crippen molar-refractivity contribution in [2.75, 3.05) is 37.0 Å². The highest BCUT2D eigenvalue weighted by Gasteiger charge is 2.42. The number of rotatable bonds is 2. The number of benzene rings is 1. The summed E-state index contributed by atoms with van der Waals surface area (Å²) >= 11 is 0. The fourth-order valence-electron chi connectivity index (χ4n) is 3.47. The zero-order valence-corrected chi connectivity index (χ0v) is 13.1. The molecule has 2 aliphatic heterocycles. The molecule has 1 amide bonds. The molecule has 1 saturated heterocycles. The number of hydrogen-bond donors (Lipinski definition) is 1. The third-order valence-electron chi connectivity index (χ3n) is 4.76. The molecule has 2 aliphatic rings. The summed E-state index contributed by atoms with van der Waals surface area (Å²) in [5, 5.41) is 3.02. The van der Waals surface area contributed by atoms with Gasteiger partial charge >= 0.3 is 0 Å². The van der Waals surface area contributed by atoms with E-state index in [-0.39, 0.29) is 17.2 Å². The first-order valence-electron chi connectivity index (χ1n) is 7.76. The first-order chi connectivity index (χ1) is 10.0. The van der Waals surface area contributed by atoms with Gasteiger partial charge in [-0.2, -0.15) is 0 Å². The molecule has 0 aromatic heterocycles. The second kappa shape index (κ2) is 5.34. The molecule has 1 fully saturated rings. The van der Waals surface area contributed by atoms with Crippen LogP contribution in [0.2, 0.25) is 0 Å². The average Bonchev–Trinajstić information content (AvgIpc) is 2.72. The van der Waals surface area contributed by atoms with E-state index >= 15 is 0 Å². The molecular weight excluding hydrogens is 264 g/mol. The van der Waals surface area contributed by atoms with E-state index in [1.165, 1.54) is 11.3 Å². The minimum atomic E-state index is -0.00188. The molecule has 0 atom stereocenters. The van der Waals surface area contributed by atoms with Crippen LogP contribution in [0.3, 0.4) is 0 Å². The first kappa shape index (κ1) is 14.4. The second-order valence-electron chi connectivity index (χ2n) is 6.62. The Kier molecular flexibility index (Phi) is 3.66. The second-order valence-corrected chi connectivity index (χ2v) is 6.62. The van der Waals surface area contributed by atoms with Gasteiger partial charge in [-0.05, 0) is 36.6 Å². The van der Waals surface area contributed by atoms with Gasteiger partial charge in [0.2, 0.25) is 5.91 Å². The minimum Gasteiger partial charge on any atom is -0.381 e. The van der Waals surface area contributed by atoms with Crippen LogP contribution in [0.25, 0.3) is 0 Å². The van der Waals surface area contributed by atoms with Crippen molar-refractivity contribution in [2.45, 2.75) is 32.1 Å². The number of fused-ring (bicyclic) bond motifs is 2. The number of likely N-dealkylation sites (N-methyl/N-ethyl adjacent to an activating group) is 1. The number of hydrogen-bond acceptors (Lipinski definition) is 3. The Morgan fingerprint density at radius 2 is 2.05 bits per heavy atom. The molecule has 1 aromatic rings. The van der Waals surface area contributed by atoms with Crippen LogP contribution in [0, 0.1) is 5.92 Å². The number of anilines is 2. The Morgan fingerprint density at radius 3 is 2.71 bits per heavy atom. The molecule has 1 spiro atoms. The van der Waals surface area contributed by atoms with Gasteiger partial charge in [0.05, 0.1) is 0 Å². The van der Waals surface area contributed by atoms with Crippen LogP contribution >= 0.6 is 0 Å². The SMILES string of the molecule is CC(C)C(=O)Nc1ccc2c(c1)C1(CCOCC1)CN2C. The number of ether oxygens (including phenoxy) is 1. The number of amides is 1. The normalized spacial score (nSPS) is 19.9. The Bertz CT molecular complexity index is 548. The summed E-state index contributed by atoms with van der Waals surface area (Å²) in [4.78, 5) is 14.2. The maximum atomic E-state index is 11.9. The summed E-state index contributed by atoms with van der Waals surface area (Å²) in [5.41, 5.74) is 3.77. The lowest BCUT2D eigenvalue weighted by molar-refractivity contribution is -0.118. The lowest BCUT2D eigenvalue weighted by atomic mass is 9.76. The third-order valence-corrected chi connectivity index (χ3v) is 4.76. The highest BCUT2D eigenvalue weighted by Crippen LogP contribution is 2.46. The maximum absolute atomic E-state index is 11.9. The lowest BCUT2D eigenvalue weighted by Gasteiger charge is -2.34. The van der Waals surface area contributed by atoms with Crippen molar-refractivity contribution in [3.63, 3.8) is 0 Å². The van der Waals surface area contributed by atoms with E-state index in [1.807, 2.05) is 19.9 Å². The minimum absolute atomic E-state index is 0.00188. The molecule has 1 aromatic carbocycles. The van der Waals surface area contributed by atoms with Crippen LogP contribution in [0.4, 0.5) is 11.4 Å². The molecule has 0 aliphatic carbocycles. The number of carbonyl (C=O) groups is 1. The third kappa shape index (κ3) is 2.53. The number of carbonyl (C=O) groups excluding carboxylic acids is 1. The van der Waals surface area contributed by atoms with Gasteiger partial charge in [0.15, 0.2) is 0 Å². The van der Waals surface area contributed by atoms with E-state index < -0.39 is 0 Å². The summed E-state index contributed by atoms with van der Waals surface area (Å²) in [6.07, 6.45) is 2.12. The van der Waals surface area contributed by atoms with E-state index in [1.54, 1.807) is 0 Å². The van der Waals surface area contributed by atoms with Crippen molar-refractivity contribution < 1.29 is 9.53 Å². The van der Waals surface area contributed by atoms with Crippen LogP contribution < -0.4 is 10.2 Å². The van der Waals surface area contributed by atoms with Gasteiger partial charge in [0.25, 0.3) is 0 Å². The van der Waals surface area contributed by atoms with E-state index in [0.29, 0.717) is 0 Å². The largest absolute Gasteiger partial charge is 0.381 e. The topological polar surface area (TPSA) is 41.6 Å². The lowest BCUT2D eigenvalue weighted by Crippen LogP contribution is -2.37. The zero-order chi connectivity index (χ0) is 15.0.